The third-order valence-corrected chi connectivity index (χ3v) is 4.51. The molecule has 0 amide bonds. The number of hydrogen-bond acceptors (Lipinski definition) is 4. The number of rotatable bonds is 6. The lowest BCUT2D eigenvalue weighted by Crippen LogP contribution is -2.34. The fourth-order valence-corrected chi connectivity index (χ4v) is 3.22. The highest BCUT2D eigenvalue weighted by molar-refractivity contribution is 7.89. The van der Waals surface area contributed by atoms with E-state index in [9.17, 15) is 17.6 Å². The van der Waals surface area contributed by atoms with Crippen LogP contribution in [0.2, 0.25) is 0 Å². The second-order valence-corrected chi connectivity index (χ2v) is 5.57. The predicted octanol–water partition coefficient (Wildman–Crippen LogP) is 0.527. The van der Waals surface area contributed by atoms with Gasteiger partial charge in [0.1, 0.15) is 5.82 Å². The van der Waals surface area contributed by atoms with Crippen LogP contribution in [0.25, 0.3) is 0 Å². The van der Waals surface area contributed by atoms with Crippen molar-refractivity contribution in [2.75, 3.05) is 19.7 Å². The topological polar surface area (TPSA) is 94.9 Å². The van der Waals surface area contributed by atoms with Gasteiger partial charge >= 0.3 is 5.97 Å². The minimum Gasteiger partial charge on any atom is -0.478 e. The summed E-state index contributed by atoms with van der Waals surface area (Å²) < 4.78 is 38.5. The first-order valence-electron chi connectivity index (χ1n) is 5.48. The SMILES string of the molecule is CCN(CCO)S(=O)(=O)c1cc(F)ccc1C(=O)O. The van der Waals surface area contributed by atoms with Crippen LogP contribution < -0.4 is 0 Å². The van der Waals surface area contributed by atoms with Gasteiger partial charge in [0.05, 0.1) is 17.1 Å². The molecular weight excluding hydrogens is 277 g/mol. The van der Waals surface area contributed by atoms with E-state index in [-0.39, 0.29) is 13.1 Å². The van der Waals surface area contributed by atoms with Crippen LogP contribution in [0, 0.1) is 5.82 Å². The minimum absolute atomic E-state index is 0.0401. The molecule has 8 heteroatoms. The molecule has 0 aliphatic carbocycles. The molecule has 106 valence electrons. The van der Waals surface area contributed by atoms with Gasteiger partial charge in [-0.25, -0.2) is 17.6 Å². The molecule has 6 nitrogen and oxygen atoms in total. The van der Waals surface area contributed by atoms with Gasteiger partial charge in [0.15, 0.2) is 0 Å². The molecule has 0 atom stereocenters. The molecule has 0 bridgehead atoms. The Hall–Kier alpha value is -1.51. The van der Waals surface area contributed by atoms with E-state index in [0.717, 1.165) is 16.4 Å². The highest BCUT2D eigenvalue weighted by Gasteiger charge is 2.28. The number of aliphatic hydroxyl groups excluding tert-OH is 1. The quantitative estimate of drug-likeness (QED) is 0.797. The van der Waals surface area contributed by atoms with Crippen LogP contribution in [0.1, 0.15) is 17.3 Å². The van der Waals surface area contributed by atoms with Gasteiger partial charge in [0.25, 0.3) is 0 Å². The summed E-state index contributed by atoms with van der Waals surface area (Å²) in [5, 5.41) is 17.8. The summed E-state index contributed by atoms with van der Waals surface area (Å²) in [4.78, 5) is 10.4. The fraction of sp³-hybridized carbons (Fsp3) is 0.364. The van der Waals surface area contributed by atoms with Crippen molar-refractivity contribution >= 4 is 16.0 Å². The van der Waals surface area contributed by atoms with Crippen molar-refractivity contribution in [3.05, 3.63) is 29.6 Å². The minimum atomic E-state index is -4.16. The Balaban J connectivity index is 3.42. The molecule has 19 heavy (non-hydrogen) atoms. The van der Waals surface area contributed by atoms with Crippen LogP contribution in [0.15, 0.2) is 23.1 Å². The van der Waals surface area contributed by atoms with Crippen molar-refractivity contribution in [3.63, 3.8) is 0 Å². The molecule has 0 spiro atoms. The molecule has 0 fully saturated rings. The second-order valence-electron chi connectivity index (χ2n) is 3.67. The van der Waals surface area contributed by atoms with E-state index in [1.54, 1.807) is 0 Å². The molecule has 0 aliphatic heterocycles. The molecule has 0 radical (unpaired) electrons. The van der Waals surface area contributed by atoms with E-state index in [1.807, 2.05) is 0 Å². The Bertz CT molecular complexity index is 572. The van der Waals surface area contributed by atoms with Crippen molar-refractivity contribution in [2.24, 2.45) is 0 Å². The van der Waals surface area contributed by atoms with Crippen molar-refractivity contribution in [1.29, 1.82) is 0 Å². The van der Waals surface area contributed by atoms with Crippen LogP contribution >= 0.6 is 0 Å². The van der Waals surface area contributed by atoms with E-state index in [0.29, 0.717) is 6.07 Å². The Kier molecular flexibility index (Phi) is 4.98. The average Bonchev–Trinajstić information content (AvgIpc) is 2.35. The molecule has 0 aromatic heterocycles. The number of carboxylic acid groups (broad SMARTS) is 1. The standard InChI is InChI=1S/C11H14FNO5S/c1-2-13(5-6-14)19(17,18)10-7-8(12)3-4-9(10)11(15)16/h3-4,7,14H,2,5-6H2,1H3,(H,15,16). The Labute approximate surface area is 110 Å². The van der Waals surface area contributed by atoms with Crippen LogP contribution in [-0.4, -0.2) is 48.6 Å². The van der Waals surface area contributed by atoms with Crippen LogP contribution in [0.4, 0.5) is 4.39 Å². The molecule has 1 rings (SSSR count). The summed E-state index contributed by atoms with van der Waals surface area (Å²) in [6.07, 6.45) is 0. The molecule has 0 unspecified atom stereocenters. The maximum Gasteiger partial charge on any atom is 0.337 e. The summed E-state index contributed by atoms with van der Waals surface area (Å²) in [5.41, 5.74) is -0.502. The Morgan fingerprint density at radius 3 is 2.53 bits per heavy atom. The van der Waals surface area contributed by atoms with Crippen LogP contribution in [0.3, 0.4) is 0 Å². The molecule has 0 heterocycles. The van der Waals surface area contributed by atoms with Gasteiger partial charge in [-0.1, -0.05) is 6.92 Å². The lowest BCUT2D eigenvalue weighted by atomic mass is 10.2. The molecule has 0 saturated heterocycles. The number of aromatic carboxylic acids is 1. The van der Waals surface area contributed by atoms with Gasteiger partial charge in [-0.3, -0.25) is 0 Å². The summed E-state index contributed by atoms with van der Waals surface area (Å²) >= 11 is 0. The van der Waals surface area contributed by atoms with Gasteiger partial charge in [-0.05, 0) is 18.2 Å². The normalized spacial score (nSPS) is 11.8. The first-order valence-corrected chi connectivity index (χ1v) is 6.92. The fourth-order valence-electron chi connectivity index (χ4n) is 1.59. The zero-order chi connectivity index (χ0) is 14.6. The number of benzene rings is 1. The van der Waals surface area contributed by atoms with E-state index < -0.39 is 38.9 Å². The van der Waals surface area contributed by atoms with Crippen molar-refractivity contribution < 1.29 is 27.8 Å². The number of carbonyl (C=O) groups is 1. The van der Waals surface area contributed by atoms with E-state index >= 15 is 0 Å². The average molecular weight is 291 g/mol. The van der Waals surface area contributed by atoms with Crippen molar-refractivity contribution in [2.45, 2.75) is 11.8 Å². The maximum atomic E-state index is 13.2. The van der Waals surface area contributed by atoms with Gasteiger partial charge in [-0.15, -0.1) is 0 Å². The molecule has 0 saturated carbocycles. The molecular formula is C11H14FNO5S. The summed E-state index contributed by atoms with van der Waals surface area (Å²) in [6.45, 7) is 0.977. The number of aliphatic hydroxyl groups is 1. The number of nitrogens with zero attached hydrogens (tertiary/aromatic N) is 1. The lowest BCUT2D eigenvalue weighted by molar-refractivity contribution is 0.0692. The van der Waals surface area contributed by atoms with Crippen LogP contribution in [0.5, 0.6) is 0 Å². The highest BCUT2D eigenvalue weighted by atomic mass is 32.2. The van der Waals surface area contributed by atoms with E-state index in [1.165, 1.54) is 6.92 Å². The zero-order valence-corrected chi connectivity index (χ0v) is 11.0. The maximum absolute atomic E-state index is 13.2. The Morgan fingerprint density at radius 1 is 1.42 bits per heavy atom. The monoisotopic (exact) mass is 291 g/mol. The third kappa shape index (κ3) is 3.28. The van der Waals surface area contributed by atoms with E-state index in [2.05, 4.69) is 0 Å². The molecule has 0 aliphatic rings. The van der Waals surface area contributed by atoms with Crippen LogP contribution in [-0.2, 0) is 10.0 Å². The zero-order valence-electron chi connectivity index (χ0n) is 10.2. The smallest absolute Gasteiger partial charge is 0.337 e. The number of halogens is 1. The number of sulfonamides is 1. The summed E-state index contributed by atoms with van der Waals surface area (Å²) in [5.74, 6) is -2.30. The first-order chi connectivity index (χ1) is 8.84. The van der Waals surface area contributed by atoms with Gasteiger partial charge in [-0.2, -0.15) is 4.31 Å². The van der Waals surface area contributed by atoms with Crippen molar-refractivity contribution in [1.82, 2.24) is 4.31 Å². The Morgan fingerprint density at radius 2 is 2.05 bits per heavy atom. The number of carboxylic acids is 1. The van der Waals surface area contributed by atoms with Crippen molar-refractivity contribution in [3.8, 4) is 0 Å². The number of hydrogen-bond donors (Lipinski definition) is 2. The first kappa shape index (κ1) is 15.5. The summed E-state index contributed by atoms with van der Waals surface area (Å²) in [7, 11) is -4.16. The van der Waals surface area contributed by atoms with Gasteiger partial charge in [0.2, 0.25) is 10.0 Å². The highest BCUT2D eigenvalue weighted by Crippen LogP contribution is 2.21. The lowest BCUT2D eigenvalue weighted by Gasteiger charge is -2.20. The largest absolute Gasteiger partial charge is 0.478 e. The molecule has 1 aromatic rings. The number of likely N-dealkylation sites (N-methyl/N-ethyl adjacent to an activating group) is 1. The third-order valence-electron chi connectivity index (χ3n) is 2.49. The van der Waals surface area contributed by atoms with E-state index in [4.69, 9.17) is 10.2 Å². The molecule has 2 N–H and O–H groups in total. The summed E-state index contributed by atoms with van der Waals surface area (Å²) in [6, 6.07) is 2.45. The van der Waals surface area contributed by atoms with Gasteiger partial charge in [0, 0.05) is 13.1 Å². The second kappa shape index (κ2) is 6.09. The predicted molar refractivity (Wildman–Crippen MR) is 64.9 cm³/mol. The molecule has 1 aromatic carbocycles. The van der Waals surface area contributed by atoms with Gasteiger partial charge < -0.3 is 10.2 Å².